The lowest BCUT2D eigenvalue weighted by molar-refractivity contribution is -0.139. The predicted molar refractivity (Wildman–Crippen MR) is 134 cm³/mol. The molecule has 8 heteroatoms. The first-order chi connectivity index (χ1) is 16.6. The van der Waals surface area contributed by atoms with Gasteiger partial charge >= 0.3 is 5.97 Å². The minimum atomic E-state index is -2.67. The fourth-order valence-corrected chi connectivity index (χ4v) is 6.04. The number of hydrogen-bond donors (Lipinski definition) is 2. The number of amides is 1. The van der Waals surface area contributed by atoms with Crippen molar-refractivity contribution in [3.05, 3.63) is 42.0 Å². The fraction of sp³-hybridized carbons (Fsp3) is 0.556. The maximum Gasteiger partial charge on any atom is 0.327 e. The van der Waals surface area contributed by atoms with E-state index in [0.29, 0.717) is 18.3 Å². The van der Waals surface area contributed by atoms with Crippen molar-refractivity contribution < 1.29 is 28.2 Å². The average molecular weight is 506 g/mol. The van der Waals surface area contributed by atoms with Gasteiger partial charge in [-0.15, -0.1) is 0 Å². The largest absolute Gasteiger partial charge is 0.492 e. The Morgan fingerprint density at radius 2 is 1.86 bits per heavy atom. The van der Waals surface area contributed by atoms with Crippen LogP contribution in [0.3, 0.4) is 0 Å². The molecule has 2 aliphatic carbocycles. The van der Waals surface area contributed by atoms with Crippen molar-refractivity contribution in [2.45, 2.75) is 69.1 Å². The molecule has 2 saturated carbocycles. The molecular formula is C27H33F2NO4S. The van der Waals surface area contributed by atoms with Gasteiger partial charge in [-0.2, -0.15) is 11.8 Å². The number of hydrogen-bond acceptors (Lipinski definition) is 4. The van der Waals surface area contributed by atoms with Crippen LogP contribution in [0.5, 0.6) is 5.75 Å². The third-order valence-electron chi connectivity index (χ3n) is 7.14. The number of halogens is 2. The third kappa shape index (κ3) is 6.08. The summed E-state index contributed by atoms with van der Waals surface area (Å²) < 4.78 is 31.9. The molecular weight excluding hydrogens is 472 g/mol. The molecule has 2 unspecified atom stereocenters. The zero-order valence-electron chi connectivity index (χ0n) is 20.2. The van der Waals surface area contributed by atoms with Crippen molar-refractivity contribution in [2.75, 3.05) is 12.4 Å². The Kier molecular flexibility index (Phi) is 7.60. The van der Waals surface area contributed by atoms with Crippen molar-refractivity contribution in [3.8, 4) is 5.75 Å². The Balaban J connectivity index is 1.54. The number of nitrogens with one attached hydrogen (secondary N) is 1. The van der Waals surface area contributed by atoms with Gasteiger partial charge in [0, 0.05) is 28.2 Å². The zero-order valence-corrected chi connectivity index (χ0v) is 21.0. The second-order valence-electron chi connectivity index (χ2n) is 10.3. The summed E-state index contributed by atoms with van der Waals surface area (Å²) in [4.78, 5) is 25.5. The Morgan fingerprint density at radius 1 is 1.17 bits per heavy atom. The van der Waals surface area contributed by atoms with Gasteiger partial charge in [0.05, 0.1) is 12.2 Å². The summed E-state index contributed by atoms with van der Waals surface area (Å²) in [5.41, 5.74) is 0.278. The molecule has 2 N–H and O–H groups in total. The summed E-state index contributed by atoms with van der Waals surface area (Å²) in [6, 6.07) is 9.86. The Labute approximate surface area is 209 Å². The number of carbonyl (C=O) groups excluding carboxylic acids is 1. The van der Waals surface area contributed by atoms with Crippen LogP contribution < -0.4 is 10.1 Å². The fourth-order valence-electron chi connectivity index (χ4n) is 4.72. The Hall–Kier alpha value is -2.35. The molecule has 2 aliphatic rings. The zero-order chi connectivity index (χ0) is 25.2. The number of alkyl halides is 2. The van der Waals surface area contributed by atoms with Gasteiger partial charge in [-0.05, 0) is 44.1 Å². The predicted octanol–water partition coefficient (Wildman–Crippen LogP) is 6.15. The summed E-state index contributed by atoms with van der Waals surface area (Å²) in [5, 5.41) is 14.3. The van der Waals surface area contributed by atoms with Crippen LogP contribution in [0.1, 0.15) is 62.7 Å². The quantitative estimate of drug-likeness (QED) is 0.405. The van der Waals surface area contributed by atoms with Crippen LogP contribution in [0.4, 0.5) is 8.78 Å². The van der Waals surface area contributed by atoms with E-state index in [-0.39, 0.29) is 17.7 Å². The van der Waals surface area contributed by atoms with Crippen molar-refractivity contribution >= 4 is 34.4 Å². The van der Waals surface area contributed by atoms with E-state index in [1.807, 2.05) is 30.3 Å². The van der Waals surface area contributed by atoms with E-state index < -0.39 is 34.5 Å². The molecule has 0 radical (unpaired) electrons. The molecule has 35 heavy (non-hydrogen) atoms. The monoisotopic (exact) mass is 505 g/mol. The maximum atomic E-state index is 13.4. The van der Waals surface area contributed by atoms with Crippen LogP contribution in [-0.2, 0) is 4.79 Å². The Bertz CT molecular complexity index is 1080. The van der Waals surface area contributed by atoms with E-state index >= 15 is 0 Å². The van der Waals surface area contributed by atoms with Crippen molar-refractivity contribution in [1.29, 1.82) is 0 Å². The number of aliphatic carboxylic acids is 1. The molecule has 0 heterocycles. The highest BCUT2D eigenvalue weighted by Crippen LogP contribution is 2.51. The molecule has 2 fully saturated rings. The second kappa shape index (κ2) is 10.3. The number of ether oxygens (including phenoxy) is 1. The van der Waals surface area contributed by atoms with Crippen LogP contribution in [0.15, 0.2) is 36.4 Å². The lowest BCUT2D eigenvalue weighted by Crippen LogP contribution is -2.52. The molecule has 0 aromatic heterocycles. The van der Waals surface area contributed by atoms with E-state index in [9.17, 15) is 23.5 Å². The summed E-state index contributed by atoms with van der Waals surface area (Å²) in [7, 11) is 0. The highest BCUT2D eigenvalue weighted by Gasteiger charge is 2.57. The summed E-state index contributed by atoms with van der Waals surface area (Å²) in [5.74, 6) is -4.13. The van der Waals surface area contributed by atoms with Crippen LogP contribution in [0, 0.1) is 11.8 Å². The average Bonchev–Trinajstić information content (AvgIpc) is 3.46. The molecule has 0 bridgehead atoms. The normalized spacial score (nSPS) is 20.9. The first-order valence-corrected chi connectivity index (χ1v) is 13.3. The number of thioether (sulfide) groups is 1. The summed E-state index contributed by atoms with van der Waals surface area (Å²) in [6.45, 7) is 3.84. The van der Waals surface area contributed by atoms with Gasteiger partial charge in [0.1, 0.15) is 11.8 Å². The first kappa shape index (κ1) is 25.7. The minimum absolute atomic E-state index is 0.144. The standard InChI is InChI=1S/C27H33F2NO4S/c1-26(2,35-16-19-14-27(19,28)29)23(25(32)33)30-24(31)21-13-12-18-10-6-7-11-20(18)22(21)34-15-17-8-4-3-5-9-17/h6-7,10-13,17,19,23H,3-5,8-9,14-16H2,1-2H3,(H,30,31)(H,32,33). The van der Waals surface area contributed by atoms with Crippen LogP contribution in [0.2, 0.25) is 0 Å². The topological polar surface area (TPSA) is 75.6 Å². The van der Waals surface area contributed by atoms with Gasteiger partial charge in [-0.25, -0.2) is 13.6 Å². The van der Waals surface area contributed by atoms with Crippen molar-refractivity contribution in [1.82, 2.24) is 5.32 Å². The lowest BCUT2D eigenvalue weighted by Gasteiger charge is -2.32. The molecule has 2 aromatic rings. The molecule has 0 aliphatic heterocycles. The molecule has 0 saturated heterocycles. The van der Waals surface area contributed by atoms with E-state index in [4.69, 9.17) is 4.74 Å². The third-order valence-corrected chi connectivity index (χ3v) is 8.69. The summed E-state index contributed by atoms with van der Waals surface area (Å²) in [6.07, 6.45) is 5.62. The molecule has 2 atom stereocenters. The summed E-state index contributed by atoms with van der Waals surface area (Å²) >= 11 is 1.15. The van der Waals surface area contributed by atoms with E-state index in [1.54, 1.807) is 19.9 Å². The van der Waals surface area contributed by atoms with Crippen LogP contribution in [-0.4, -0.2) is 46.1 Å². The number of benzene rings is 2. The van der Waals surface area contributed by atoms with Crippen molar-refractivity contribution in [2.24, 2.45) is 11.8 Å². The van der Waals surface area contributed by atoms with Gasteiger partial charge < -0.3 is 15.2 Å². The highest BCUT2D eigenvalue weighted by molar-refractivity contribution is 8.00. The smallest absolute Gasteiger partial charge is 0.327 e. The first-order valence-electron chi connectivity index (χ1n) is 12.3. The SMILES string of the molecule is CC(C)(SCC1CC1(F)F)C(NC(=O)c1ccc2ccccc2c1OCC1CCCCC1)C(=O)O. The maximum absolute atomic E-state index is 13.4. The highest BCUT2D eigenvalue weighted by atomic mass is 32.2. The number of carboxylic acids is 1. The van der Waals surface area contributed by atoms with Crippen LogP contribution >= 0.6 is 11.8 Å². The van der Waals surface area contributed by atoms with E-state index in [0.717, 1.165) is 35.4 Å². The molecule has 1 amide bonds. The molecule has 5 nitrogen and oxygen atoms in total. The van der Waals surface area contributed by atoms with Gasteiger partial charge in [-0.3, -0.25) is 4.79 Å². The molecule has 2 aromatic carbocycles. The van der Waals surface area contributed by atoms with Gasteiger partial charge in [0.2, 0.25) is 0 Å². The molecule has 190 valence electrons. The number of carbonyl (C=O) groups is 2. The molecule has 4 rings (SSSR count). The van der Waals surface area contributed by atoms with Crippen LogP contribution in [0.25, 0.3) is 10.8 Å². The number of carboxylic acid groups (broad SMARTS) is 1. The van der Waals surface area contributed by atoms with E-state index in [2.05, 4.69) is 5.32 Å². The molecule has 0 spiro atoms. The number of fused-ring (bicyclic) bond motifs is 1. The van der Waals surface area contributed by atoms with Gasteiger partial charge in [0.15, 0.2) is 0 Å². The van der Waals surface area contributed by atoms with E-state index in [1.165, 1.54) is 19.3 Å². The van der Waals surface area contributed by atoms with Gasteiger partial charge in [-0.1, -0.05) is 49.6 Å². The number of rotatable bonds is 10. The van der Waals surface area contributed by atoms with Gasteiger partial charge in [0.25, 0.3) is 11.8 Å². The Morgan fingerprint density at radius 3 is 2.51 bits per heavy atom. The lowest BCUT2D eigenvalue weighted by atomic mass is 9.90. The minimum Gasteiger partial charge on any atom is -0.492 e. The van der Waals surface area contributed by atoms with Crippen molar-refractivity contribution in [3.63, 3.8) is 0 Å². The second-order valence-corrected chi connectivity index (χ2v) is 12.0.